The van der Waals surface area contributed by atoms with Gasteiger partial charge in [0, 0.05) is 26.2 Å². The Morgan fingerprint density at radius 2 is 0.935 bits per heavy atom. The normalized spacial score (nSPS) is 11.0. The third kappa shape index (κ3) is 9.96. The van der Waals surface area contributed by atoms with Crippen LogP contribution < -0.4 is 9.47 Å². The van der Waals surface area contributed by atoms with Crippen LogP contribution in [0.1, 0.15) is 72.9 Å². The molecule has 0 aliphatic heterocycles. The molecule has 0 saturated carbocycles. The van der Waals surface area contributed by atoms with Gasteiger partial charge in [-0.3, -0.25) is 9.59 Å². The standard InChI is InChI=1S/C40H48N2O4/c1-29(2)35-19-17-31(5)23-37(35)45-27-39(43)41(25-33-13-9-7-10-14-33)21-22-42(26-34-15-11-8-12-16-34)40(44)28-46-38-24-32(6)18-20-36(38)30(3)4/h7-20,23-24,29-30H,21-22,25-28H2,1-6H3. The van der Waals surface area contributed by atoms with Crippen molar-refractivity contribution < 1.29 is 19.1 Å². The molecule has 6 nitrogen and oxygen atoms in total. The number of benzene rings is 4. The number of amides is 2. The largest absolute Gasteiger partial charge is 0.483 e. The van der Waals surface area contributed by atoms with Gasteiger partial charge in [-0.2, -0.15) is 0 Å². The Bertz CT molecular complexity index is 1450. The number of rotatable bonds is 15. The van der Waals surface area contributed by atoms with E-state index in [0.717, 1.165) is 44.9 Å². The summed E-state index contributed by atoms with van der Waals surface area (Å²) in [7, 11) is 0. The molecule has 0 fully saturated rings. The molecule has 0 N–H and O–H groups in total. The van der Waals surface area contributed by atoms with Crippen molar-refractivity contribution >= 4 is 11.8 Å². The smallest absolute Gasteiger partial charge is 0.260 e. The molecule has 4 aromatic carbocycles. The molecular formula is C40H48N2O4. The van der Waals surface area contributed by atoms with E-state index >= 15 is 0 Å². The van der Waals surface area contributed by atoms with Gasteiger partial charge in [0.2, 0.25) is 0 Å². The zero-order chi connectivity index (χ0) is 33.1. The Morgan fingerprint density at radius 3 is 1.28 bits per heavy atom. The van der Waals surface area contributed by atoms with Gasteiger partial charge in [-0.1, -0.05) is 113 Å². The van der Waals surface area contributed by atoms with Gasteiger partial charge in [0.05, 0.1) is 0 Å². The summed E-state index contributed by atoms with van der Waals surface area (Å²) in [6, 6.07) is 32.1. The molecule has 242 valence electrons. The van der Waals surface area contributed by atoms with Crippen molar-refractivity contribution in [3.63, 3.8) is 0 Å². The van der Waals surface area contributed by atoms with E-state index < -0.39 is 0 Å². The molecule has 0 heterocycles. The van der Waals surface area contributed by atoms with Crippen molar-refractivity contribution in [2.75, 3.05) is 26.3 Å². The highest BCUT2D eigenvalue weighted by molar-refractivity contribution is 5.79. The number of ether oxygens (including phenoxy) is 2. The van der Waals surface area contributed by atoms with Crippen LogP contribution >= 0.6 is 0 Å². The van der Waals surface area contributed by atoms with Gasteiger partial charge >= 0.3 is 0 Å². The number of hydrogen-bond donors (Lipinski definition) is 0. The molecule has 0 bridgehead atoms. The van der Waals surface area contributed by atoms with E-state index in [2.05, 4.69) is 52.0 Å². The van der Waals surface area contributed by atoms with E-state index in [4.69, 9.17) is 9.47 Å². The van der Waals surface area contributed by atoms with Crippen LogP contribution in [0.5, 0.6) is 11.5 Å². The minimum Gasteiger partial charge on any atom is -0.483 e. The second kappa shape index (κ2) is 16.6. The fourth-order valence-electron chi connectivity index (χ4n) is 5.38. The summed E-state index contributed by atoms with van der Waals surface area (Å²) < 4.78 is 12.3. The summed E-state index contributed by atoms with van der Waals surface area (Å²) in [6.45, 7) is 13.9. The molecule has 2 amide bonds. The molecular weight excluding hydrogens is 572 g/mol. The Balaban J connectivity index is 1.52. The highest BCUT2D eigenvalue weighted by atomic mass is 16.5. The highest BCUT2D eigenvalue weighted by Crippen LogP contribution is 2.28. The molecule has 6 heteroatoms. The van der Waals surface area contributed by atoms with Crippen LogP contribution in [0, 0.1) is 13.8 Å². The molecule has 0 spiro atoms. The quantitative estimate of drug-likeness (QED) is 0.135. The Kier molecular flexibility index (Phi) is 12.4. The van der Waals surface area contributed by atoms with E-state index in [0.29, 0.717) is 26.2 Å². The first-order valence-corrected chi connectivity index (χ1v) is 16.2. The lowest BCUT2D eigenvalue weighted by molar-refractivity contribution is -0.138. The van der Waals surface area contributed by atoms with Gasteiger partial charge in [0.25, 0.3) is 11.8 Å². The van der Waals surface area contributed by atoms with Gasteiger partial charge in [-0.05, 0) is 71.2 Å². The molecule has 46 heavy (non-hydrogen) atoms. The lowest BCUT2D eigenvalue weighted by atomic mass is 10.0. The second-order valence-electron chi connectivity index (χ2n) is 12.6. The highest BCUT2D eigenvalue weighted by Gasteiger charge is 2.21. The topological polar surface area (TPSA) is 59.1 Å². The summed E-state index contributed by atoms with van der Waals surface area (Å²) in [5.41, 5.74) is 6.33. The Morgan fingerprint density at radius 1 is 0.565 bits per heavy atom. The number of aryl methyl sites for hydroxylation is 2. The zero-order valence-electron chi connectivity index (χ0n) is 28.2. The molecule has 0 radical (unpaired) electrons. The lowest BCUT2D eigenvalue weighted by Gasteiger charge is -2.29. The summed E-state index contributed by atoms with van der Waals surface area (Å²) in [5, 5.41) is 0. The summed E-state index contributed by atoms with van der Waals surface area (Å²) in [4.78, 5) is 31.1. The van der Waals surface area contributed by atoms with E-state index in [9.17, 15) is 9.59 Å². The van der Waals surface area contributed by atoms with Crippen LogP contribution in [0.2, 0.25) is 0 Å². The SMILES string of the molecule is Cc1ccc(C(C)C)c(OCC(=O)N(CCN(Cc2ccccc2)C(=O)COc2cc(C)ccc2C(C)C)Cc2ccccc2)c1. The molecule has 0 aliphatic rings. The average molecular weight is 621 g/mol. The van der Waals surface area contributed by atoms with E-state index in [1.165, 1.54) is 0 Å². The fraction of sp³-hybridized carbons (Fsp3) is 0.350. The maximum absolute atomic E-state index is 13.7. The molecule has 0 atom stereocenters. The minimum atomic E-state index is -0.134. The molecule has 0 unspecified atom stereocenters. The van der Waals surface area contributed by atoms with Crippen LogP contribution in [-0.4, -0.2) is 47.9 Å². The van der Waals surface area contributed by atoms with Crippen molar-refractivity contribution in [2.24, 2.45) is 0 Å². The molecule has 4 aromatic rings. The first-order chi connectivity index (χ1) is 22.1. The van der Waals surface area contributed by atoms with Crippen molar-refractivity contribution in [2.45, 2.75) is 66.5 Å². The van der Waals surface area contributed by atoms with Gasteiger partial charge in [0.1, 0.15) is 11.5 Å². The first kappa shape index (κ1) is 34.3. The van der Waals surface area contributed by atoms with Gasteiger partial charge in [-0.15, -0.1) is 0 Å². The predicted molar refractivity (Wildman–Crippen MR) is 185 cm³/mol. The van der Waals surface area contributed by atoms with Crippen LogP contribution in [0.3, 0.4) is 0 Å². The van der Waals surface area contributed by atoms with Crippen molar-refractivity contribution in [1.29, 1.82) is 0 Å². The molecule has 0 aromatic heterocycles. The van der Waals surface area contributed by atoms with Crippen LogP contribution in [0.25, 0.3) is 0 Å². The lowest BCUT2D eigenvalue weighted by Crippen LogP contribution is -2.43. The number of carbonyl (C=O) groups is 2. The van der Waals surface area contributed by atoms with Crippen LogP contribution in [-0.2, 0) is 22.7 Å². The van der Waals surface area contributed by atoms with Crippen molar-refractivity contribution in [3.8, 4) is 11.5 Å². The second-order valence-corrected chi connectivity index (χ2v) is 12.6. The van der Waals surface area contributed by atoms with Gasteiger partial charge in [0.15, 0.2) is 13.2 Å². The number of hydrogen-bond acceptors (Lipinski definition) is 4. The van der Waals surface area contributed by atoms with E-state index in [1.807, 2.05) is 86.6 Å². The minimum absolute atomic E-state index is 0.0862. The zero-order valence-corrected chi connectivity index (χ0v) is 28.2. The molecule has 4 rings (SSSR count). The summed E-state index contributed by atoms with van der Waals surface area (Å²) in [6.07, 6.45) is 0. The maximum atomic E-state index is 13.7. The van der Waals surface area contributed by atoms with Gasteiger partial charge < -0.3 is 19.3 Å². The first-order valence-electron chi connectivity index (χ1n) is 16.2. The monoisotopic (exact) mass is 620 g/mol. The molecule has 0 aliphatic carbocycles. The predicted octanol–water partition coefficient (Wildman–Crippen LogP) is 8.07. The van der Waals surface area contributed by atoms with Crippen molar-refractivity contribution in [1.82, 2.24) is 9.80 Å². The Hall–Kier alpha value is -4.58. The number of carbonyl (C=O) groups excluding carboxylic acids is 2. The summed E-state index contributed by atoms with van der Waals surface area (Å²) in [5.74, 6) is 1.73. The van der Waals surface area contributed by atoms with E-state index in [1.54, 1.807) is 9.80 Å². The van der Waals surface area contributed by atoms with E-state index in [-0.39, 0.29) is 36.9 Å². The molecule has 0 saturated heterocycles. The summed E-state index contributed by atoms with van der Waals surface area (Å²) >= 11 is 0. The third-order valence-electron chi connectivity index (χ3n) is 8.06. The average Bonchev–Trinajstić information content (AvgIpc) is 3.04. The van der Waals surface area contributed by atoms with Crippen molar-refractivity contribution in [3.05, 3.63) is 130 Å². The Labute approximate surface area is 275 Å². The van der Waals surface area contributed by atoms with Gasteiger partial charge in [-0.25, -0.2) is 0 Å². The van der Waals surface area contributed by atoms with Crippen LogP contribution in [0.4, 0.5) is 0 Å². The fourth-order valence-corrected chi connectivity index (χ4v) is 5.38. The maximum Gasteiger partial charge on any atom is 0.260 e. The third-order valence-corrected chi connectivity index (χ3v) is 8.06. The van der Waals surface area contributed by atoms with Crippen LogP contribution in [0.15, 0.2) is 97.1 Å². The number of nitrogens with zero attached hydrogens (tertiary/aromatic N) is 2.